The number of hydrogen-bond acceptors (Lipinski definition) is 5. The third-order valence-corrected chi connectivity index (χ3v) is 3.61. The largest absolute Gasteiger partial charge is 0.376 e. The Kier molecular flexibility index (Phi) is 3.39. The topological polar surface area (TPSA) is 58.4 Å². The summed E-state index contributed by atoms with van der Waals surface area (Å²) in [4.78, 5) is 10.3. The van der Waals surface area contributed by atoms with Gasteiger partial charge in [0, 0.05) is 19.7 Å². The molecule has 2 aromatic heterocycles. The maximum atomic E-state index is 6.18. The van der Waals surface area contributed by atoms with E-state index in [1.54, 1.807) is 4.52 Å². The van der Waals surface area contributed by atoms with Gasteiger partial charge in [0.25, 0.3) is 5.78 Å². The van der Waals surface area contributed by atoms with E-state index in [-0.39, 0.29) is 0 Å². The van der Waals surface area contributed by atoms with Gasteiger partial charge in [0.2, 0.25) is 0 Å². The van der Waals surface area contributed by atoms with E-state index in [0.29, 0.717) is 10.9 Å². The fraction of sp³-hybridized carbons (Fsp3) is 0.214. The fourth-order valence-electron chi connectivity index (χ4n) is 2.14. The van der Waals surface area contributed by atoms with Gasteiger partial charge in [-0.25, -0.2) is 0 Å². The Morgan fingerprint density at radius 3 is 2.76 bits per heavy atom. The Morgan fingerprint density at radius 1 is 1.24 bits per heavy atom. The van der Waals surface area contributed by atoms with Crippen LogP contribution in [0.2, 0.25) is 5.15 Å². The Labute approximate surface area is 127 Å². The van der Waals surface area contributed by atoms with Crippen LogP contribution in [0, 0.1) is 6.92 Å². The van der Waals surface area contributed by atoms with Crippen LogP contribution in [0.25, 0.3) is 5.78 Å². The standard InChI is InChI=1S/C14H15ClN6/c1-9-12(15)19-14-16-8-17-21(14)13(9)18-10-6-4-5-7-11(10)20(2)3/h4-8,18H,1-3H3. The molecule has 0 fully saturated rings. The lowest BCUT2D eigenvalue weighted by Gasteiger charge is -2.19. The Hall–Kier alpha value is -2.34. The fourth-order valence-corrected chi connectivity index (χ4v) is 2.31. The summed E-state index contributed by atoms with van der Waals surface area (Å²) in [6, 6.07) is 8.02. The molecule has 7 heteroatoms. The molecule has 0 spiro atoms. The summed E-state index contributed by atoms with van der Waals surface area (Å²) < 4.78 is 1.65. The highest BCUT2D eigenvalue weighted by Crippen LogP contribution is 2.30. The third kappa shape index (κ3) is 2.38. The SMILES string of the molecule is Cc1c(Cl)nc2ncnn2c1Nc1ccccc1N(C)C. The van der Waals surface area contributed by atoms with Gasteiger partial charge in [-0.1, -0.05) is 23.7 Å². The highest BCUT2D eigenvalue weighted by atomic mass is 35.5. The lowest BCUT2D eigenvalue weighted by atomic mass is 10.2. The Balaban J connectivity index is 2.14. The smallest absolute Gasteiger partial charge is 0.255 e. The number of rotatable bonds is 3. The summed E-state index contributed by atoms with van der Waals surface area (Å²) in [5.74, 6) is 1.23. The zero-order valence-corrected chi connectivity index (χ0v) is 12.8. The lowest BCUT2D eigenvalue weighted by Crippen LogP contribution is -2.12. The van der Waals surface area contributed by atoms with E-state index in [2.05, 4.69) is 20.4 Å². The van der Waals surface area contributed by atoms with Crippen molar-refractivity contribution < 1.29 is 0 Å². The van der Waals surface area contributed by atoms with Gasteiger partial charge in [-0.2, -0.15) is 19.6 Å². The minimum atomic E-state index is 0.417. The first-order valence-corrected chi connectivity index (χ1v) is 6.85. The van der Waals surface area contributed by atoms with Gasteiger partial charge in [-0.15, -0.1) is 0 Å². The van der Waals surface area contributed by atoms with Crippen LogP contribution in [0.4, 0.5) is 17.2 Å². The molecule has 3 rings (SSSR count). The number of halogens is 1. The number of anilines is 3. The molecule has 3 aromatic rings. The number of nitrogens with zero attached hydrogens (tertiary/aromatic N) is 5. The lowest BCUT2D eigenvalue weighted by molar-refractivity contribution is 0.936. The van der Waals surface area contributed by atoms with E-state index in [4.69, 9.17) is 11.6 Å². The van der Waals surface area contributed by atoms with Crippen LogP contribution in [0.1, 0.15) is 5.56 Å². The Bertz CT molecular complexity index is 795. The first-order valence-electron chi connectivity index (χ1n) is 6.47. The second kappa shape index (κ2) is 5.21. The van der Waals surface area contributed by atoms with Gasteiger partial charge in [0.05, 0.1) is 11.4 Å². The molecule has 0 unspecified atom stereocenters. The number of benzene rings is 1. The minimum absolute atomic E-state index is 0.417. The zero-order valence-electron chi connectivity index (χ0n) is 12.0. The van der Waals surface area contributed by atoms with Crippen molar-refractivity contribution in [1.82, 2.24) is 19.6 Å². The van der Waals surface area contributed by atoms with Gasteiger partial charge in [0.15, 0.2) is 0 Å². The molecule has 0 aliphatic carbocycles. The summed E-state index contributed by atoms with van der Waals surface area (Å²) in [6.45, 7) is 1.90. The van der Waals surface area contributed by atoms with Crippen molar-refractivity contribution >= 4 is 34.6 Å². The summed E-state index contributed by atoms with van der Waals surface area (Å²) >= 11 is 6.18. The number of para-hydroxylation sites is 2. The number of fused-ring (bicyclic) bond motifs is 1. The molecule has 21 heavy (non-hydrogen) atoms. The van der Waals surface area contributed by atoms with Gasteiger partial charge < -0.3 is 10.2 Å². The molecule has 0 saturated carbocycles. The first-order chi connectivity index (χ1) is 10.1. The van der Waals surface area contributed by atoms with Crippen molar-refractivity contribution in [3.05, 3.63) is 41.3 Å². The summed E-state index contributed by atoms with van der Waals surface area (Å²) in [5.41, 5.74) is 2.85. The van der Waals surface area contributed by atoms with Gasteiger partial charge in [-0.3, -0.25) is 0 Å². The second-order valence-corrected chi connectivity index (χ2v) is 5.24. The highest BCUT2D eigenvalue weighted by molar-refractivity contribution is 6.30. The monoisotopic (exact) mass is 302 g/mol. The van der Waals surface area contributed by atoms with Crippen molar-refractivity contribution in [2.45, 2.75) is 6.92 Å². The van der Waals surface area contributed by atoms with Crippen molar-refractivity contribution in [3.63, 3.8) is 0 Å². The molecule has 0 atom stereocenters. The van der Waals surface area contributed by atoms with E-state index >= 15 is 0 Å². The molecule has 0 aliphatic heterocycles. The van der Waals surface area contributed by atoms with Crippen LogP contribution in [0.3, 0.4) is 0 Å². The predicted molar refractivity (Wildman–Crippen MR) is 84.6 cm³/mol. The zero-order chi connectivity index (χ0) is 15.0. The van der Waals surface area contributed by atoms with Crippen LogP contribution < -0.4 is 10.2 Å². The van der Waals surface area contributed by atoms with E-state index < -0.39 is 0 Å². The van der Waals surface area contributed by atoms with Gasteiger partial charge in [0.1, 0.15) is 17.3 Å². The molecular formula is C14H15ClN6. The van der Waals surface area contributed by atoms with Crippen LogP contribution >= 0.6 is 11.6 Å². The molecule has 0 aliphatic rings. The Morgan fingerprint density at radius 2 is 2.00 bits per heavy atom. The summed E-state index contributed by atoms with van der Waals surface area (Å²) in [7, 11) is 4.00. The quantitative estimate of drug-likeness (QED) is 0.754. The molecule has 6 nitrogen and oxygen atoms in total. The van der Waals surface area contributed by atoms with Crippen molar-refractivity contribution in [1.29, 1.82) is 0 Å². The first kappa shape index (κ1) is 13.6. The highest BCUT2D eigenvalue weighted by Gasteiger charge is 2.14. The van der Waals surface area contributed by atoms with Crippen LogP contribution in [-0.2, 0) is 0 Å². The minimum Gasteiger partial charge on any atom is -0.376 e. The molecule has 1 N–H and O–H groups in total. The van der Waals surface area contributed by atoms with Gasteiger partial charge >= 0.3 is 0 Å². The van der Waals surface area contributed by atoms with Crippen molar-refractivity contribution in [2.24, 2.45) is 0 Å². The molecule has 2 heterocycles. The molecule has 0 bridgehead atoms. The summed E-state index contributed by atoms with van der Waals surface area (Å²) in [5, 5.41) is 8.00. The van der Waals surface area contributed by atoms with Crippen LogP contribution in [0.5, 0.6) is 0 Å². The molecular weight excluding hydrogens is 288 g/mol. The average Bonchev–Trinajstić information content (AvgIpc) is 2.92. The molecule has 0 amide bonds. The average molecular weight is 303 g/mol. The molecule has 0 saturated heterocycles. The van der Waals surface area contributed by atoms with E-state index in [0.717, 1.165) is 22.8 Å². The maximum Gasteiger partial charge on any atom is 0.255 e. The van der Waals surface area contributed by atoms with Gasteiger partial charge in [-0.05, 0) is 19.1 Å². The van der Waals surface area contributed by atoms with Crippen LogP contribution in [0.15, 0.2) is 30.6 Å². The number of aromatic nitrogens is 4. The summed E-state index contributed by atoms with van der Waals surface area (Å²) in [6.07, 6.45) is 1.46. The number of hydrogen-bond donors (Lipinski definition) is 1. The van der Waals surface area contributed by atoms with E-state index in [9.17, 15) is 0 Å². The van der Waals surface area contributed by atoms with E-state index in [1.165, 1.54) is 6.33 Å². The molecule has 1 aromatic carbocycles. The molecule has 108 valence electrons. The maximum absolute atomic E-state index is 6.18. The van der Waals surface area contributed by atoms with Crippen molar-refractivity contribution in [2.75, 3.05) is 24.3 Å². The normalized spacial score (nSPS) is 10.9. The predicted octanol–water partition coefficient (Wildman–Crippen LogP) is 2.90. The second-order valence-electron chi connectivity index (χ2n) is 4.88. The third-order valence-electron chi connectivity index (χ3n) is 3.24. The van der Waals surface area contributed by atoms with E-state index in [1.807, 2.05) is 50.2 Å². The number of nitrogens with one attached hydrogen (secondary N) is 1. The van der Waals surface area contributed by atoms with Crippen LogP contribution in [-0.4, -0.2) is 33.7 Å². The molecule has 0 radical (unpaired) electrons. The van der Waals surface area contributed by atoms with Crippen molar-refractivity contribution in [3.8, 4) is 0 Å².